The van der Waals surface area contributed by atoms with Crippen LogP contribution in [0.1, 0.15) is 41.8 Å². The van der Waals surface area contributed by atoms with Crippen molar-refractivity contribution < 1.29 is 19.1 Å². The van der Waals surface area contributed by atoms with Crippen LogP contribution in [0.3, 0.4) is 0 Å². The number of amides is 2. The molecule has 0 spiro atoms. The van der Waals surface area contributed by atoms with E-state index in [1.165, 1.54) is 7.11 Å². The molecule has 7 nitrogen and oxygen atoms in total. The maximum Gasteiger partial charge on any atom is 0.411 e. The fourth-order valence-corrected chi connectivity index (χ4v) is 4.48. The van der Waals surface area contributed by atoms with Crippen LogP contribution in [0.15, 0.2) is 42.5 Å². The molecule has 8 heteroatoms. The molecule has 0 radical (unpaired) electrons. The van der Waals surface area contributed by atoms with Gasteiger partial charge in [0, 0.05) is 30.8 Å². The molecular formula is C22H24ClN3O4. The van der Waals surface area contributed by atoms with Crippen molar-refractivity contribution >= 4 is 23.6 Å². The molecule has 0 N–H and O–H groups in total. The third kappa shape index (κ3) is 3.94. The lowest BCUT2D eigenvalue weighted by atomic mass is 9.98. The Morgan fingerprint density at radius 2 is 1.90 bits per heavy atom. The third-order valence-electron chi connectivity index (χ3n) is 5.82. The Bertz CT molecular complexity index is 931. The van der Waals surface area contributed by atoms with Crippen LogP contribution < -0.4 is 4.74 Å². The zero-order chi connectivity index (χ0) is 21.3. The van der Waals surface area contributed by atoms with Crippen LogP contribution in [0.5, 0.6) is 5.88 Å². The van der Waals surface area contributed by atoms with Crippen molar-refractivity contribution in [2.75, 3.05) is 20.2 Å². The summed E-state index contributed by atoms with van der Waals surface area (Å²) >= 11 is 6.00. The van der Waals surface area contributed by atoms with Crippen molar-refractivity contribution in [3.8, 4) is 5.88 Å². The number of methoxy groups -OCH3 is 1. The summed E-state index contributed by atoms with van der Waals surface area (Å²) in [6, 6.07) is 12.9. The molecule has 1 aromatic carbocycles. The van der Waals surface area contributed by atoms with E-state index >= 15 is 0 Å². The van der Waals surface area contributed by atoms with Crippen LogP contribution >= 0.6 is 11.6 Å². The summed E-state index contributed by atoms with van der Waals surface area (Å²) in [5.74, 6) is 0.191. The number of ether oxygens (including phenoxy) is 2. The first-order chi connectivity index (χ1) is 14.5. The summed E-state index contributed by atoms with van der Waals surface area (Å²) in [5, 5.41) is 0.216. The van der Waals surface area contributed by atoms with E-state index in [1.807, 2.05) is 42.2 Å². The van der Waals surface area contributed by atoms with E-state index in [1.54, 1.807) is 17.0 Å². The van der Waals surface area contributed by atoms with E-state index in [0.717, 1.165) is 5.56 Å². The monoisotopic (exact) mass is 429 g/mol. The van der Waals surface area contributed by atoms with Crippen molar-refractivity contribution in [1.82, 2.24) is 14.8 Å². The van der Waals surface area contributed by atoms with Crippen LogP contribution in [-0.2, 0) is 4.74 Å². The van der Waals surface area contributed by atoms with Gasteiger partial charge in [-0.3, -0.25) is 9.69 Å². The number of likely N-dealkylation sites (tertiary alicyclic amines) is 1. The van der Waals surface area contributed by atoms with E-state index < -0.39 is 0 Å². The van der Waals surface area contributed by atoms with Gasteiger partial charge in [0.15, 0.2) is 0 Å². The van der Waals surface area contributed by atoms with Crippen LogP contribution in [-0.4, -0.2) is 59.1 Å². The van der Waals surface area contributed by atoms with Gasteiger partial charge >= 0.3 is 6.09 Å². The third-order valence-corrected chi connectivity index (χ3v) is 6.01. The lowest BCUT2D eigenvalue weighted by Gasteiger charge is -2.37. The van der Waals surface area contributed by atoms with Gasteiger partial charge in [0.1, 0.15) is 11.3 Å². The van der Waals surface area contributed by atoms with Crippen LogP contribution in [0, 0.1) is 0 Å². The molecule has 158 valence electrons. The SMILES string of the molecule is COc1cc(C(=O)N2CCC(N3C(=O)O[C@H](c4ccccc4)[C@@H]3C)CC2)cc(Cl)n1. The van der Waals surface area contributed by atoms with E-state index in [-0.39, 0.29) is 35.3 Å². The Morgan fingerprint density at radius 1 is 1.20 bits per heavy atom. The lowest BCUT2D eigenvalue weighted by Crippen LogP contribution is -2.49. The Hall–Kier alpha value is -2.80. The minimum Gasteiger partial charge on any atom is -0.481 e. The number of rotatable bonds is 4. The molecule has 30 heavy (non-hydrogen) atoms. The molecule has 2 fully saturated rings. The number of cyclic esters (lactones) is 1. The predicted molar refractivity (Wildman–Crippen MR) is 112 cm³/mol. The molecule has 2 atom stereocenters. The number of carbonyl (C=O) groups excluding carboxylic acids is 2. The smallest absolute Gasteiger partial charge is 0.411 e. The van der Waals surface area contributed by atoms with Crippen LogP contribution in [0.4, 0.5) is 4.79 Å². The molecular weight excluding hydrogens is 406 g/mol. The highest BCUT2D eigenvalue weighted by Gasteiger charge is 2.44. The molecule has 2 saturated heterocycles. The maximum atomic E-state index is 12.9. The van der Waals surface area contributed by atoms with Gasteiger partial charge in [0.25, 0.3) is 5.91 Å². The quantitative estimate of drug-likeness (QED) is 0.688. The fourth-order valence-electron chi connectivity index (χ4n) is 4.28. The second kappa shape index (κ2) is 8.52. The molecule has 2 aromatic rings. The highest BCUT2D eigenvalue weighted by atomic mass is 35.5. The average molecular weight is 430 g/mol. The molecule has 0 unspecified atom stereocenters. The normalized spacial score (nSPS) is 22.2. The van der Waals surface area contributed by atoms with E-state index in [4.69, 9.17) is 21.1 Å². The number of benzene rings is 1. The number of nitrogens with zero attached hydrogens (tertiary/aromatic N) is 3. The van der Waals surface area contributed by atoms with Gasteiger partial charge < -0.3 is 14.4 Å². The van der Waals surface area contributed by atoms with E-state index in [2.05, 4.69) is 4.98 Å². The van der Waals surface area contributed by atoms with Crippen molar-refractivity contribution in [2.45, 2.75) is 38.0 Å². The largest absolute Gasteiger partial charge is 0.481 e. The highest BCUT2D eigenvalue weighted by Crippen LogP contribution is 2.36. The van der Waals surface area contributed by atoms with Crippen molar-refractivity contribution in [1.29, 1.82) is 0 Å². The first-order valence-electron chi connectivity index (χ1n) is 10.0. The van der Waals surface area contributed by atoms with Gasteiger partial charge in [0.2, 0.25) is 5.88 Å². The molecule has 2 aliphatic rings. The fraction of sp³-hybridized carbons (Fsp3) is 0.409. The zero-order valence-electron chi connectivity index (χ0n) is 17.0. The molecule has 1 aromatic heterocycles. The number of hydrogen-bond donors (Lipinski definition) is 0. The Kier molecular flexibility index (Phi) is 5.81. The first-order valence-corrected chi connectivity index (χ1v) is 10.4. The summed E-state index contributed by atoms with van der Waals surface area (Å²) in [5.41, 5.74) is 1.44. The molecule has 3 heterocycles. The number of piperidine rings is 1. The van der Waals surface area contributed by atoms with Crippen LogP contribution in [0.25, 0.3) is 0 Å². The highest BCUT2D eigenvalue weighted by molar-refractivity contribution is 6.29. The van der Waals surface area contributed by atoms with Crippen molar-refractivity contribution in [3.63, 3.8) is 0 Å². The summed E-state index contributed by atoms with van der Waals surface area (Å²) in [4.78, 5) is 33.1. The topological polar surface area (TPSA) is 72.0 Å². The number of hydrogen-bond acceptors (Lipinski definition) is 5. The molecule has 0 bridgehead atoms. The molecule has 0 saturated carbocycles. The van der Waals surface area contributed by atoms with Gasteiger partial charge in [-0.15, -0.1) is 0 Å². The Labute approximate surface area is 180 Å². The number of aromatic nitrogens is 1. The van der Waals surface area contributed by atoms with Gasteiger partial charge in [0.05, 0.1) is 13.2 Å². The summed E-state index contributed by atoms with van der Waals surface area (Å²) in [6.07, 6.45) is 0.835. The number of halogens is 1. The minimum absolute atomic E-state index is 0.0424. The Morgan fingerprint density at radius 3 is 2.57 bits per heavy atom. The van der Waals surface area contributed by atoms with Gasteiger partial charge in [-0.05, 0) is 31.4 Å². The Balaban J connectivity index is 1.41. The number of carbonyl (C=O) groups is 2. The summed E-state index contributed by atoms with van der Waals surface area (Å²) in [7, 11) is 1.48. The minimum atomic E-state index is -0.285. The summed E-state index contributed by atoms with van der Waals surface area (Å²) in [6.45, 7) is 3.13. The van der Waals surface area contributed by atoms with Gasteiger partial charge in [-0.1, -0.05) is 41.9 Å². The number of pyridine rings is 1. The molecule has 0 aliphatic carbocycles. The van der Waals surface area contributed by atoms with Gasteiger partial charge in [-0.2, -0.15) is 0 Å². The molecule has 2 amide bonds. The van der Waals surface area contributed by atoms with E-state index in [9.17, 15) is 9.59 Å². The van der Waals surface area contributed by atoms with Crippen molar-refractivity contribution in [2.24, 2.45) is 0 Å². The maximum absolute atomic E-state index is 12.9. The first kappa shape index (κ1) is 20.5. The predicted octanol–water partition coefficient (Wildman–Crippen LogP) is 3.93. The van der Waals surface area contributed by atoms with Crippen molar-refractivity contribution in [3.05, 3.63) is 58.7 Å². The zero-order valence-corrected chi connectivity index (χ0v) is 17.7. The van der Waals surface area contributed by atoms with Crippen LogP contribution in [0.2, 0.25) is 5.15 Å². The summed E-state index contributed by atoms with van der Waals surface area (Å²) < 4.78 is 10.8. The standard InChI is InChI=1S/C22H24ClN3O4/c1-14-20(15-6-4-3-5-7-15)30-22(28)26(14)17-8-10-25(11-9-17)21(27)16-12-18(23)24-19(13-16)29-2/h3-7,12-14,17,20H,8-11H2,1-2H3/t14-,20-/m0/s1. The molecule has 2 aliphatic heterocycles. The van der Waals surface area contributed by atoms with Gasteiger partial charge in [-0.25, -0.2) is 9.78 Å². The second-order valence-corrected chi connectivity index (χ2v) is 7.99. The lowest BCUT2D eigenvalue weighted by molar-refractivity contribution is 0.0640. The van der Waals surface area contributed by atoms with E-state index in [0.29, 0.717) is 37.4 Å². The average Bonchev–Trinajstić information content (AvgIpc) is 3.07. The second-order valence-electron chi connectivity index (χ2n) is 7.61. The molecule has 4 rings (SSSR count).